The highest BCUT2D eigenvalue weighted by Crippen LogP contribution is 1.84. The molecule has 0 spiro atoms. The molecule has 19 heavy (non-hydrogen) atoms. The maximum absolute atomic E-state index is 8.36. The van der Waals surface area contributed by atoms with Crippen molar-refractivity contribution in [3.8, 4) is 12.1 Å². The third-order valence-electron chi connectivity index (χ3n) is 2.70. The van der Waals surface area contributed by atoms with E-state index in [0.29, 0.717) is 12.8 Å². The van der Waals surface area contributed by atoms with E-state index in [1.54, 1.807) is 0 Å². The van der Waals surface area contributed by atoms with Gasteiger partial charge in [0.1, 0.15) is 0 Å². The van der Waals surface area contributed by atoms with Crippen molar-refractivity contribution in [2.24, 2.45) is 0 Å². The molecule has 0 amide bonds. The van der Waals surface area contributed by atoms with Crippen LogP contribution in [0.15, 0.2) is 0 Å². The lowest BCUT2D eigenvalue weighted by atomic mass is 10.3. The molecule has 0 radical (unpaired) electrons. The first-order chi connectivity index (χ1) is 9.41. The number of hydrogen-bond donors (Lipinski definition) is 3. The molecular weight excluding hydrogens is 238 g/mol. The van der Waals surface area contributed by atoms with Crippen LogP contribution in [0.3, 0.4) is 0 Å². The third kappa shape index (κ3) is 16.9. The van der Waals surface area contributed by atoms with Crippen LogP contribution in [0, 0.1) is 22.7 Å². The van der Waals surface area contributed by atoms with Crippen LogP contribution in [0.4, 0.5) is 0 Å². The SMILES string of the molecule is N#CCCCNCCCNCCCNCCCC#N. The summed E-state index contributed by atoms with van der Waals surface area (Å²) in [5.41, 5.74) is 0. The molecule has 5 heteroatoms. The van der Waals surface area contributed by atoms with Crippen LogP contribution >= 0.6 is 0 Å². The Bertz CT molecular complexity index is 228. The van der Waals surface area contributed by atoms with E-state index in [1.807, 2.05) is 0 Å². The van der Waals surface area contributed by atoms with E-state index in [9.17, 15) is 0 Å². The van der Waals surface area contributed by atoms with Gasteiger partial charge in [-0.15, -0.1) is 0 Å². The normalized spacial score (nSPS) is 10.0. The van der Waals surface area contributed by atoms with Crippen LogP contribution in [0.2, 0.25) is 0 Å². The van der Waals surface area contributed by atoms with E-state index < -0.39 is 0 Å². The van der Waals surface area contributed by atoms with Gasteiger partial charge in [-0.3, -0.25) is 0 Å². The van der Waals surface area contributed by atoms with Crippen molar-refractivity contribution in [2.45, 2.75) is 38.5 Å². The minimum Gasteiger partial charge on any atom is -0.317 e. The van der Waals surface area contributed by atoms with Gasteiger partial charge in [-0.05, 0) is 65.0 Å². The molecule has 0 rings (SSSR count). The third-order valence-corrected chi connectivity index (χ3v) is 2.70. The largest absolute Gasteiger partial charge is 0.317 e. The van der Waals surface area contributed by atoms with E-state index in [0.717, 1.165) is 65.0 Å². The summed E-state index contributed by atoms with van der Waals surface area (Å²) in [6, 6.07) is 4.28. The molecule has 0 aliphatic heterocycles. The summed E-state index contributed by atoms with van der Waals surface area (Å²) in [7, 11) is 0. The van der Waals surface area contributed by atoms with Gasteiger partial charge in [-0.25, -0.2) is 0 Å². The van der Waals surface area contributed by atoms with Gasteiger partial charge in [0, 0.05) is 12.8 Å². The Kier molecular flexibility index (Phi) is 15.8. The molecule has 0 atom stereocenters. The van der Waals surface area contributed by atoms with Crippen molar-refractivity contribution >= 4 is 0 Å². The van der Waals surface area contributed by atoms with Crippen LogP contribution in [0.5, 0.6) is 0 Å². The quantitative estimate of drug-likeness (QED) is 0.410. The van der Waals surface area contributed by atoms with Crippen molar-refractivity contribution in [1.82, 2.24) is 16.0 Å². The molecule has 0 aromatic heterocycles. The summed E-state index contributed by atoms with van der Waals surface area (Å²) < 4.78 is 0. The van der Waals surface area contributed by atoms with Crippen molar-refractivity contribution in [3.05, 3.63) is 0 Å². The minimum atomic E-state index is 0.645. The lowest BCUT2D eigenvalue weighted by Crippen LogP contribution is -2.25. The second-order valence-electron chi connectivity index (χ2n) is 4.48. The van der Waals surface area contributed by atoms with Crippen LogP contribution in [-0.4, -0.2) is 39.3 Å². The maximum Gasteiger partial charge on any atom is 0.0622 e. The molecule has 0 saturated heterocycles. The average molecular weight is 265 g/mol. The zero-order chi connectivity index (χ0) is 14.0. The zero-order valence-electron chi connectivity index (χ0n) is 11.9. The smallest absolute Gasteiger partial charge is 0.0622 e. The number of nitriles is 2. The van der Waals surface area contributed by atoms with Crippen LogP contribution in [-0.2, 0) is 0 Å². The summed E-state index contributed by atoms with van der Waals surface area (Å²) in [6.45, 7) is 6.01. The molecule has 5 nitrogen and oxygen atoms in total. The summed E-state index contributed by atoms with van der Waals surface area (Å²) in [5.74, 6) is 0. The first-order valence-electron chi connectivity index (χ1n) is 7.28. The van der Waals surface area contributed by atoms with Crippen LogP contribution < -0.4 is 16.0 Å². The maximum atomic E-state index is 8.36. The Hall–Kier alpha value is -1.14. The van der Waals surface area contributed by atoms with E-state index in [2.05, 4.69) is 28.1 Å². The predicted molar refractivity (Wildman–Crippen MR) is 77.5 cm³/mol. The minimum absolute atomic E-state index is 0.645. The van der Waals surface area contributed by atoms with Gasteiger partial charge in [0.2, 0.25) is 0 Å². The summed E-state index contributed by atoms with van der Waals surface area (Å²) in [6.07, 6.45) is 5.44. The van der Waals surface area contributed by atoms with Crippen molar-refractivity contribution in [2.75, 3.05) is 39.3 Å². The number of hydrogen-bond acceptors (Lipinski definition) is 5. The van der Waals surface area contributed by atoms with E-state index in [1.165, 1.54) is 0 Å². The van der Waals surface area contributed by atoms with E-state index >= 15 is 0 Å². The summed E-state index contributed by atoms with van der Waals surface area (Å²) >= 11 is 0. The topological polar surface area (TPSA) is 83.7 Å². The average Bonchev–Trinajstić information content (AvgIpc) is 2.43. The first-order valence-corrected chi connectivity index (χ1v) is 7.28. The highest BCUT2D eigenvalue weighted by molar-refractivity contribution is 4.69. The monoisotopic (exact) mass is 265 g/mol. The molecule has 0 aliphatic rings. The molecular formula is C14H27N5. The predicted octanol–water partition coefficient (Wildman–Crippen LogP) is 1.14. The summed E-state index contributed by atoms with van der Waals surface area (Å²) in [5, 5.41) is 26.8. The zero-order valence-corrected chi connectivity index (χ0v) is 11.9. The Morgan fingerprint density at radius 2 is 0.842 bits per heavy atom. The van der Waals surface area contributed by atoms with Crippen LogP contribution in [0.1, 0.15) is 38.5 Å². The standard InChI is InChI=1S/C14H27N5/c15-7-1-3-9-17-11-5-13-19-14-6-12-18-10-4-2-8-16/h17-19H,1-6,9-14H2. The molecule has 108 valence electrons. The van der Waals surface area contributed by atoms with Gasteiger partial charge in [-0.2, -0.15) is 10.5 Å². The Balaban J connectivity index is 2.92. The lowest BCUT2D eigenvalue weighted by molar-refractivity contribution is 0.559. The first kappa shape index (κ1) is 17.9. The van der Waals surface area contributed by atoms with Gasteiger partial charge in [-0.1, -0.05) is 0 Å². The van der Waals surface area contributed by atoms with Crippen LogP contribution in [0.25, 0.3) is 0 Å². The molecule has 0 bridgehead atoms. The van der Waals surface area contributed by atoms with Gasteiger partial charge < -0.3 is 16.0 Å². The molecule has 0 fully saturated rings. The number of nitrogens with one attached hydrogen (secondary N) is 3. The molecule has 0 aliphatic carbocycles. The fraction of sp³-hybridized carbons (Fsp3) is 0.857. The van der Waals surface area contributed by atoms with Gasteiger partial charge >= 0.3 is 0 Å². The lowest BCUT2D eigenvalue weighted by Gasteiger charge is -2.06. The Morgan fingerprint density at radius 1 is 0.526 bits per heavy atom. The number of nitrogens with zero attached hydrogens (tertiary/aromatic N) is 2. The summed E-state index contributed by atoms with van der Waals surface area (Å²) in [4.78, 5) is 0. The van der Waals surface area contributed by atoms with E-state index in [-0.39, 0.29) is 0 Å². The molecule has 3 N–H and O–H groups in total. The molecule has 0 saturated carbocycles. The fourth-order valence-corrected chi connectivity index (χ4v) is 1.64. The second-order valence-corrected chi connectivity index (χ2v) is 4.48. The van der Waals surface area contributed by atoms with Crippen molar-refractivity contribution in [1.29, 1.82) is 10.5 Å². The van der Waals surface area contributed by atoms with Crippen molar-refractivity contribution in [3.63, 3.8) is 0 Å². The Morgan fingerprint density at radius 3 is 1.16 bits per heavy atom. The van der Waals surface area contributed by atoms with Gasteiger partial charge in [0.25, 0.3) is 0 Å². The van der Waals surface area contributed by atoms with Gasteiger partial charge in [0.05, 0.1) is 12.1 Å². The molecule has 0 heterocycles. The van der Waals surface area contributed by atoms with Gasteiger partial charge in [0.15, 0.2) is 0 Å². The highest BCUT2D eigenvalue weighted by Gasteiger charge is 1.91. The van der Waals surface area contributed by atoms with E-state index in [4.69, 9.17) is 10.5 Å². The van der Waals surface area contributed by atoms with Crippen molar-refractivity contribution < 1.29 is 0 Å². The molecule has 0 aromatic carbocycles. The number of unbranched alkanes of at least 4 members (excludes halogenated alkanes) is 2. The number of rotatable bonds is 14. The fourth-order valence-electron chi connectivity index (χ4n) is 1.64. The molecule has 0 aromatic rings. The molecule has 0 unspecified atom stereocenters. The Labute approximate surface area is 117 Å². The highest BCUT2D eigenvalue weighted by atomic mass is 14.9. The second kappa shape index (κ2) is 16.9.